The molecular weight excluding hydrogens is 398 g/mol. The molecule has 0 heterocycles. The SMILES string of the molecule is NS(=O)(=O)CCCCCCOc1c(Br)cccc1Br. The number of halogens is 2. The fraction of sp³-hybridized carbons (Fsp3) is 0.500. The predicted octanol–water partition coefficient (Wildman–Crippen LogP) is 3.44. The van der Waals surface area contributed by atoms with Crippen LogP contribution < -0.4 is 9.88 Å². The standard InChI is InChI=1S/C12H17Br2NO3S/c13-10-6-5-7-11(14)12(10)18-8-3-1-2-4-9-19(15,16)17/h5-7H,1-4,8-9H2,(H2,15,16,17). The van der Waals surface area contributed by atoms with E-state index in [1.807, 2.05) is 18.2 Å². The van der Waals surface area contributed by atoms with Gasteiger partial charge in [-0.05, 0) is 56.8 Å². The number of unbranched alkanes of at least 4 members (excludes halogenated alkanes) is 3. The Morgan fingerprint density at radius 1 is 1.05 bits per heavy atom. The van der Waals surface area contributed by atoms with E-state index in [-0.39, 0.29) is 5.75 Å². The Morgan fingerprint density at radius 3 is 2.21 bits per heavy atom. The van der Waals surface area contributed by atoms with E-state index < -0.39 is 10.0 Å². The number of rotatable bonds is 8. The Hall–Kier alpha value is -0.110. The summed E-state index contributed by atoms with van der Waals surface area (Å²) in [6.45, 7) is 0.608. The van der Waals surface area contributed by atoms with Gasteiger partial charge < -0.3 is 4.74 Å². The highest BCUT2D eigenvalue weighted by Crippen LogP contribution is 2.33. The van der Waals surface area contributed by atoms with Crippen molar-refractivity contribution in [2.45, 2.75) is 25.7 Å². The molecule has 0 saturated heterocycles. The van der Waals surface area contributed by atoms with Crippen LogP contribution in [-0.2, 0) is 10.0 Å². The first-order valence-corrected chi connectivity index (χ1v) is 9.27. The first-order valence-electron chi connectivity index (χ1n) is 5.97. The number of para-hydroxylation sites is 1. The molecule has 4 nitrogen and oxygen atoms in total. The van der Waals surface area contributed by atoms with Crippen molar-refractivity contribution >= 4 is 41.9 Å². The molecule has 0 radical (unpaired) electrons. The number of hydrogen-bond donors (Lipinski definition) is 1. The van der Waals surface area contributed by atoms with Gasteiger partial charge in [-0.3, -0.25) is 0 Å². The molecule has 1 rings (SSSR count). The van der Waals surface area contributed by atoms with E-state index in [4.69, 9.17) is 9.88 Å². The van der Waals surface area contributed by atoms with Crippen LogP contribution in [0.2, 0.25) is 0 Å². The highest BCUT2D eigenvalue weighted by atomic mass is 79.9. The van der Waals surface area contributed by atoms with E-state index in [0.717, 1.165) is 34.0 Å². The minimum atomic E-state index is -3.31. The molecule has 1 aromatic rings. The fourth-order valence-corrected chi connectivity index (χ4v) is 3.39. The minimum Gasteiger partial charge on any atom is -0.491 e. The van der Waals surface area contributed by atoms with Crippen molar-refractivity contribution in [1.29, 1.82) is 0 Å². The third-order valence-corrected chi connectivity index (χ3v) is 4.60. The molecule has 0 bridgehead atoms. The normalized spacial score (nSPS) is 11.5. The highest BCUT2D eigenvalue weighted by Gasteiger charge is 2.05. The second-order valence-electron chi connectivity index (χ2n) is 4.18. The zero-order valence-electron chi connectivity index (χ0n) is 10.4. The van der Waals surface area contributed by atoms with Gasteiger partial charge in [0.2, 0.25) is 10.0 Å². The Balaban J connectivity index is 2.18. The van der Waals surface area contributed by atoms with E-state index >= 15 is 0 Å². The highest BCUT2D eigenvalue weighted by molar-refractivity contribution is 9.11. The van der Waals surface area contributed by atoms with E-state index in [9.17, 15) is 8.42 Å². The Kier molecular flexibility index (Phi) is 7.35. The zero-order chi connectivity index (χ0) is 14.3. The largest absolute Gasteiger partial charge is 0.491 e. The van der Waals surface area contributed by atoms with Crippen LogP contribution in [0, 0.1) is 0 Å². The monoisotopic (exact) mass is 413 g/mol. The van der Waals surface area contributed by atoms with Gasteiger partial charge in [0.05, 0.1) is 21.3 Å². The summed E-state index contributed by atoms with van der Waals surface area (Å²) in [5.74, 6) is 0.857. The summed E-state index contributed by atoms with van der Waals surface area (Å²) in [5, 5.41) is 4.92. The number of ether oxygens (including phenoxy) is 1. The number of primary sulfonamides is 1. The molecule has 0 atom stereocenters. The number of sulfonamides is 1. The van der Waals surface area contributed by atoms with Crippen molar-refractivity contribution in [2.24, 2.45) is 5.14 Å². The third-order valence-electron chi connectivity index (χ3n) is 2.49. The Labute approximate surface area is 131 Å². The van der Waals surface area contributed by atoms with Crippen LogP contribution in [0.5, 0.6) is 5.75 Å². The van der Waals surface area contributed by atoms with Crippen LogP contribution in [0.3, 0.4) is 0 Å². The third kappa shape index (κ3) is 7.29. The van der Waals surface area contributed by atoms with Gasteiger partial charge in [-0.25, -0.2) is 13.6 Å². The van der Waals surface area contributed by atoms with Gasteiger partial charge >= 0.3 is 0 Å². The maximum absolute atomic E-state index is 10.7. The van der Waals surface area contributed by atoms with Crippen molar-refractivity contribution in [3.05, 3.63) is 27.1 Å². The fourth-order valence-electron chi connectivity index (χ4n) is 1.55. The minimum absolute atomic E-state index is 0.0592. The number of benzene rings is 1. The molecule has 0 amide bonds. The molecule has 0 aliphatic carbocycles. The van der Waals surface area contributed by atoms with Crippen LogP contribution >= 0.6 is 31.9 Å². The average molecular weight is 415 g/mol. The first kappa shape index (κ1) is 16.9. The van der Waals surface area contributed by atoms with Crippen LogP contribution in [-0.4, -0.2) is 20.8 Å². The van der Waals surface area contributed by atoms with Crippen LogP contribution in [0.15, 0.2) is 27.1 Å². The second-order valence-corrected chi connectivity index (χ2v) is 7.62. The lowest BCUT2D eigenvalue weighted by atomic mass is 10.2. The smallest absolute Gasteiger partial charge is 0.209 e. The van der Waals surface area contributed by atoms with Gasteiger partial charge in [0.25, 0.3) is 0 Å². The molecule has 2 N–H and O–H groups in total. The topological polar surface area (TPSA) is 69.4 Å². The summed E-state index contributed by atoms with van der Waals surface area (Å²) in [4.78, 5) is 0. The van der Waals surface area contributed by atoms with Crippen molar-refractivity contribution in [1.82, 2.24) is 0 Å². The van der Waals surface area contributed by atoms with Gasteiger partial charge in [0.1, 0.15) is 5.75 Å². The molecule has 0 spiro atoms. The van der Waals surface area contributed by atoms with Gasteiger partial charge in [0.15, 0.2) is 0 Å². The summed E-state index contributed by atoms with van der Waals surface area (Å²) < 4.78 is 28.9. The molecule has 0 aliphatic heterocycles. The molecule has 0 aliphatic rings. The molecule has 0 unspecified atom stereocenters. The van der Waals surface area contributed by atoms with Crippen LogP contribution in [0.25, 0.3) is 0 Å². The first-order chi connectivity index (χ1) is 8.90. The van der Waals surface area contributed by atoms with E-state index in [2.05, 4.69) is 31.9 Å². The number of hydrogen-bond acceptors (Lipinski definition) is 3. The van der Waals surface area contributed by atoms with Crippen molar-refractivity contribution < 1.29 is 13.2 Å². The molecule has 1 aromatic carbocycles. The lowest BCUT2D eigenvalue weighted by molar-refractivity contribution is 0.301. The van der Waals surface area contributed by atoms with Gasteiger partial charge in [-0.1, -0.05) is 18.9 Å². The van der Waals surface area contributed by atoms with Crippen molar-refractivity contribution in [3.63, 3.8) is 0 Å². The second kappa shape index (κ2) is 8.24. The van der Waals surface area contributed by atoms with Gasteiger partial charge in [-0.2, -0.15) is 0 Å². The molecular formula is C12H17Br2NO3S. The molecule has 19 heavy (non-hydrogen) atoms. The summed E-state index contributed by atoms with van der Waals surface area (Å²) >= 11 is 6.85. The molecule has 0 fully saturated rings. The number of nitrogens with two attached hydrogens (primary N) is 1. The Morgan fingerprint density at radius 2 is 1.63 bits per heavy atom. The van der Waals surface area contributed by atoms with Gasteiger partial charge in [0, 0.05) is 0 Å². The zero-order valence-corrected chi connectivity index (χ0v) is 14.4. The quantitative estimate of drug-likeness (QED) is 0.662. The molecule has 0 saturated carbocycles. The maximum atomic E-state index is 10.7. The molecule has 0 aromatic heterocycles. The van der Waals surface area contributed by atoms with E-state index in [0.29, 0.717) is 13.0 Å². The lowest BCUT2D eigenvalue weighted by Crippen LogP contribution is -2.16. The molecule has 7 heteroatoms. The van der Waals surface area contributed by atoms with Crippen LogP contribution in [0.1, 0.15) is 25.7 Å². The van der Waals surface area contributed by atoms with E-state index in [1.165, 1.54) is 0 Å². The summed E-state index contributed by atoms with van der Waals surface area (Å²) in [6, 6.07) is 5.77. The molecule has 108 valence electrons. The summed E-state index contributed by atoms with van der Waals surface area (Å²) in [7, 11) is -3.31. The van der Waals surface area contributed by atoms with Crippen molar-refractivity contribution in [3.8, 4) is 5.75 Å². The lowest BCUT2D eigenvalue weighted by Gasteiger charge is -2.09. The van der Waals surface area contributed by atoms with E-state index in [1.54, 1.807) is 0 Å². The predicted molar refractivity (Wildman–Crippen MR) is 83.8 cm³/mol. The Bertz CT molecular complexity index is 485. The summed E-state index contributed by atoms with van der Waals surface area (Å²) in [5.41, 5.74) is 0. The maximum Gasteiger partial charge on any atom is 0.209 e. The van der Waals surface area contributed by atoms with Crippen LogP contribution in [0.4, 0.5) is 0 Å². The average Bonchev–Trinajstić information content (AvgIpc) is 2.29. The van der Waals surface area contributed by atoms with Gasteiger partial charge in [-0.15, -0.1) is 0 Å². The van der Waals surface area contributed by atoms with Crippen molar-refractivity contribution in [2.75, 3.05) is 12.4 Å². The summed E-state index contributed by atoms with van der Waals surface area (Å²) in [6.07, 6.45) is 3.27.